The molecule has 2 rings (SSSR count). The molecule has 0 unspecified atom stereocenters. The summed E-state index contributed by atoms with van der Waals surface area (Å²) in [4.78, 5) is 0. The van der Waals surface area contributed by atoms with Crippen molar-refractivity contribution in [1.82, 2.24) is 0 Å². The molecule has 0 aromatic heterocycles. The molecule has 1 saturated carbocycles. The van der Waals surface area contributed by atoms with Crippen LogP contribution in [-0.2, 0) is 5.54 Å². The van der Waals surface area contributed by atoms with E-state index in [4.69, 9.17) is 10.8 Å². The molecule has 1 aromatic rings. The van der Waals surface area contributed by atoms with Crippen LogP contribution >= 0.6 is 0 Å². The predicted octanol–water partition coefficient (Wildman–Crippen LogP) is 2.76. The lowest BCUT2D eigenvalue weighted by atomic mass is 9.76. The highest BCUT2D eigenvalue weighted by atomic mass is 19.3. The van der Waals surface area contributed by atoms with Crippen LogP contribution in [0.5, 0.6) is 5.75 Å². The molecule has 0 saturated heterocycles. The van der Waals surface area contributed by atoms with Gasteiger partial charge < -0.3 is 10.8 Å². The maximum absolute atomic E-state index is 13.0. The van der Waals surface area contributed by atoms with Gasteiger partial charge in [0.25, 0.3) is 0 Å². The zero-order chi connectivity index (χ0) is 11.8. The smallest absolute Gasteiger partial charge is 0.248 e. The molecule has 1 aliphatic rings. The van der Waals surface area contributed by atoms with Crippen LogP contribution in [0.2, 0.25) is 0 Å². The Morgan fingerprint density at radius 1 is 1.00 bits per heavy atom. The highest BCUT2D eigenvalue weighted by Crippen LogP contribution is 2.42. The van der Waals surface area contributed by atoms with Gasteiger partial charge in [0.1, 0.15) is 5.75 Å². The highest BCUT2D eigenvalue weighted by molar-refractivity contribution is 5.31. The summed E-state index contributed by atoms with van der Waals surface area (Å²) < 4.78 is 26.1. The molecule has 1 aromatic carbocycles. The molecule has 0 spiro atoms. The minimum atomic E-state index is -2.57. The molecular weight excluding hydrogens is 212 g/mol. The Morgan fingerprint density at radius 2 is 1.50 bits per heavy atom. The SMILES string of the molecule is NC1(c2ccc(O)cc2)CCC(F)(F)CC1. The molecule has 4 heteroatoms. The van der Waals surface area contributed by atoms with E-state index in [0.29, 0.717) is 0 Å². The van der Waals surface area contributed by atoms with Crippen molar-refractivity contribution in [2.45, 2.75) is 37.1 Å². The molecule has 1 fully saturated rings. The van der Waals surface area contributed by atoms with Gasteiger partial charge in [0.15, 0.2) is 0 Å². The Morgan fingerprint density at radius 3 is 2.00 bits per heavy atom. The van der Waals surface area contributed by atoms with Crippen LogP contribution in [0.3, 0.4) is 0 Å². The summed E-state index contributed by atoms with van der Waals surface area (Å²) in [6, 6.07) is 6.49. The molecule has 0 bridgehead atoms. The molecule has 3 N–H and O–H groups in total. The van der Waals surface area contributed by atoms with Crippen LogP contribution in [0.25, 0.3) is 0 Å². The van der Waals surface area contributed by atoms with Gasteiger partial charge in [0.05, 0.1) is 0 Å². The Hall–Kier alpha value is -1.16. The van der Waals surface area contributed by atoms with E-state index >= 15 is 0 Å². The van der Waals surface area contributed by atoms with Crippen molar-refractivity contribution in [3.8, 4) is 5.75 Å². The van der Waals surface area contributed by atoms with E-state index in [0.717, 1.165) is 5.56 Å². The normalized spacial score (nSPS) is 22.9. The number of phenols is 1. The first kappa shape index (κ1) is 11.3. The summed E-state index contributed by atoms with van der Waals surface area (Å²) in [6.45, 7) is 0. The minimum absolute atomic E-state index is 0.161. The second-order valence-corrected chi connectivity index (χ2v) is 4.56. The number of hydrogen-bond acceptors (Lipinski definition) is 2. The van der Waals surface area contributed by atoms with Crippen LogP contribution in [0, 0.1) is 0 Å². The van der Waals surface area contributed by atoms with Crippen molar-refractivity contribution in [2.75, 3.05) is 0 Å². The lowest BCUT2D eigenvalue weighted by Crippen LogP contribution is -2.43. The summed E-state index contributed by atoms with van der Waals surface area (Å²) >= 11 is 0. The van der Waals surface area contributed by atoms with E-state index in [2.05, 4.69) is 0 Å². The summed E-state index contributed by atoms with van der Waals surface area (Å²) in [7, 11) is 0. The van der Waals surface area contributed by atoms with E-state index in [1.807, 2.05) is 0 Å². The van der Waals surface area contributed by atoms with Crippen LogP contribution in [-0.4, -0.2) is 11.0 Å². The number of phenolic OH excluding ortho intramolecular Hbond substituents is 1. The number of rotatable bonds is 1. The Balaban J connectivity index is 2.18. The van der Waals surface area contributed by atoms with E-state index in [1.165, 1.54) is 12.1 Å². The van der Waals surface area contributed by atoms with Crippen molar-refractivity contribution < 1.29 is 13.9 Å². The highest BCUT2D eigenvalue weighted by Gasteiger charge is 2.41. The molecule has 0 amide bonds. The third-order valence-corrected chi connectivity index (χ3v) is 3.32. The zero-order valence-electron chi connectivity index (χ0n) is 8.92. The second kappa shape index (κ2) is 3.70. The van der Waals surface area contributed by atoms with E-state index in [1.54, 1.807) is 12.1 Å². The number of halogens is 2. The first-order valence-corrected chi connectivity index (χ1v) is 5.38. The van der Waals surface area contributed by atoms with Gasteiger partial charge in [-0.05, 0) is 30.5 Å². The van der Waals surface area contributed by atoms with Crippen molar-refractivity contribution in [3.63, 3.8) is 0 Å². The van der Waals surface area contributed by atoms with Gasteiger partial charge >= 0.3 is 0 Å². The summed E-state index contributed by atoms with van der Waals surface area (Å²) in [5.74, 6) is -2.41. The summed E-state index contributed by atoms with van der Waals surface area (Å²) in [5, 5.41) is 9.16. The Labute approximate surface area is 93.1 Å². The standard InChI is InChI=1S/C12H15F2NO/c13-12(14)7-5-11(15,6-8-12)9-1-3-10(16)4-2-9/h1-4,16H,5-8,15H2. The quantitative estimate of drug-likeness (QED) is 0.774. The lowest BCUT2D eigenvalue weighted by molar-refractivity contribution is -0.0514. The van der Waals surface area contributed by atoms with Gasteiger partial charge in [0.2, 0.25) is 5.92 Å². The Kier molecular flexibility index (Phi) is 2.62. The van der Waals surface area contributed by atoms with Crippen LogP contribution in [0.1, 0.15) is 31.2 Å². The first-order chi connectivity index (χ1) is 7.41. The van der Waals surface area contributed by atoms with E-state index < -0.39 is 11.5 Å². The van der Waals surface area contributed by atoms with Gasteiger partial charge in [-0.25, -0.2) is 8.78 Å². The van der Waals surface area contributed by atoms with Crippen LogP contribution < -0.4 is 5.73 Å². The van der Waals surface area contributed by atoms with E-state index in [9.17, 15) is 8.78 Å². The number of aromatic hydroxyl groups is 1. The molecule has 1 aliphatic carbocycles. The molecule has 0 atom stereocenters. The molecule has 0 aliphatic heterocycles. The van der Waals surface area contributed by atoms with Gasteiger partial charge in [-0.2, -0.15) is 0 Å². The number of benzene rings is 1. The van der Waals surface area contributed by atoms with Gasteiger partial charge in [-0.15, -0.1) is 0 Å². The fraction of sp³-hybridized carbons (Fsp3) is 0.500. The maximum atomic E-state index is 13.0. The number of nitrogens with two attached hydrogens (primary N) is 1. The largest absolute Gasteiger partial charge is 0.508 e. The summed E-state index contributed by atoms with van der Waals surface area (Å²) in [6.07, 6.45) is 0.240. The van der Waals surface area contributed by atoms with Gasteiger partial charge in [-0.1, -0.05) is 12.1 Å². The minimum Gasteiger partial charge on any atom is -0.508 e. The predicted molar refractivity (Wildman–Crippen MR) is 57.4 cm³/mol. The van der Waals surface area contributed by atoms with Gasteiger partial charge in [-0.3, -0.25) is 0 Å². The topological polar surface area (TPSA) is 46.2 Å². The number of hydrogen-bond donors (Lipinski definition) is 2. The molecule has 16 heavy (non-hydrogen) atoms. The second-order valence-electron chi connectivity index (χ2n) is 4.56. The van der Waals surface area contributed by atoms with Crippen LogP contribution in [0.15, 0.2) is 24.3 Å². The summed E-state index contributed by atoms with van der Waals surface area (Å²) in [5.41, 5.74) is 6.29. The number of alkyl halides is 2. The zero-order valence-corrected chi connectivity index (χ0v) is 8.92. The lowest BCUT2D eigenvalue weighted by Gasteiger charge is -2.37. The first-order valence-electron chi connectivity index (χ1n) is 5.38. The average Bonchev–Trinajstić information content (AvgIpc) is 2.24. The average molecular weight is 227 g/mol. The fourth-order valence-corrected chi connectivity index (χ4v) is 2.14. The Bertz CT molecular complexity index is 365. The third-order valence-electron chi connectivity index (χ3n) is 3.32. The third kappa shape index (κ3) is 2.16. The van der Waals surface area contributed by atoms with E-state index in [-0.39, 0.29) is 31.4 Å². The van der Waals surface area contributed by atoms with Gasteiger partial charge in [0, 0.05) is 18.4 Å². The van der Waals surface area contributed by atoms with Crippen LogP contribution in [0.4, 0.5) is 8.78 Å². The monoisotopic (exact) mass is 227 g/mol. The van der Waals surface area contributed by atoms with Crippen molar-refractivity contribution >= 4 is 0 Å². The van der Waals surface area contributed by atoms with Crippen molar-refractivity contribution in [1.29, 1.82) is 0 Å². The molecule has 0 radical (unpaired) electrons. The van der Waals surface area contributed by atoms with Crippen molar-refractivity contribution in [2.24, 2.45) is 5.73 Å². The molecule has 88 valence electrons. The molecular formula is C12H15F2NO. The fourth-order valence-electron chi connectivity index (χ4n) is 2.14. The van der Waals surface area contributed by atoms with Crippen molar-refractivity contribution in [3.05, 3.63) is 29.8 Å². The molecule has 2 nitrogen and oxygen atoms in total. The molecule has 0 heterocycles. The maximum Gasteiger partial charge on any atom is 0.248 e.